The predicted octanol–water partition coefficient (Wildman–Crippen LogP) is 2.53. The summed E-state index contributed by atoms with van der Waals surface area (Å²) in [5.41, 5.74) is 1.21. The minimum Gasteiger partial charge on any atom is -0.465 e. The summed E-state index contributed by atoms with van der Waals surface area (Å²) in [6, 6.07) is 8.04. The summed E-state index contributed by atoms with van der Waals surface area (Å²) in [6.45, 7) is 1.24. The van der Waals surface area contributed by atoms with Crippen LogP contribution in [-0.2, 0) is 0 Å². The number of hydrogen-bond donors (Lipinski definition) is 1. The molecule has 4 heteroatoms. The summed E-state index contributed by atoms with van der Waals surface area (Å²) in [5.74, 6) is 0.374. The first-order chi connectivity index (χ1) is 6.66. The second kappa shape index (κ2) is 3.61. The highest BCUT2D eigenvalue weighted by Crippen LogP contribution is 2.27. The van der Waals surface area contributed by atoms with Crippen LogP contribution in [0.15, 0.2) is 28.7 Å². The molecule has 1 saturated heterocycles. The van der Waals surface area contributed by atoms with E-state index in [4.69, 9.17) is 5.11 Å². The number of amides is 1. The van der Waals surface area contributed by atoms with Gasteiger partial charge in [0.25, 0.3) is 0 Å². The Balaban J connectivity index is 2.00. The van der Waals surface area contributed by atoms with Crippen LogP contribution in [0, 0.1) is 0 Å². The Bertz CT molecular complexity index is 344. The van der Waals surface area contributed by atoms with Crippen molar-refractivity contribution in [1.82, 2.24) is 4.90 Å². The number of benzene rings is 1. The zero-order chi connectivity index (χ0) is 10.1. The van der Waals surface area contributed by atoms with Gasteiger partial charge in [0, 0.05) is 23.5 Å². The molecule has 0 radical (unpaired) electrons. The minimum absolute atomic E-state index is 0.374. The van der Waals surface area contributed by atoms with Crippen LogP contribution in [0.2, 0.25) is 0 Å². The summed E-state index contributed by atoms with van der Waals surface area (Å²) >= 11 is 3.37. The van der Waals surface area contributed by atoms with Gasteiger partial charge >= 0.3 is 6.09 Å². The molecule has 1 aromatic rings. The number of likely N-dealkylation sites (tertiary alicyclic amines) is 1. The Morgan fingerprint density at radius 3 is 2.43 bits per heavy atom. The van der Waals surface area contributed by atoms with Gasteiger partial charge in [-0.15, -0.1) is 0 Å². The number of carboxylic acid groups (broad SMARTS) is 1. The van der Waals surface area contributed by atoms with Crippen molar-refractivity contribution in [2.24, 2.45) is 0 Å². The number of hydrogen-bond acceptors (Lipinski definition) is 1. The number of carbonyl (C=O) groups is 1. The van der Waals surface area contributed by atoms with Gasteiger partial charge in [0.1, 0.15) is 0 Å². The average Bonchev–Trinajstić information content (AvgIpc) is 2.05. The van der Waals surface area contributed by atoms with Gasteiger partial charge in [-0.2, -0.15) is 0 Å². The average molecular weight is 256 g/mol. The van der Waals surface area contributed by atoms with Crippen LogP contribution < -0.4 is 0 Å². The fraction of sp³-hybridized carbons (Fsp3) is 0.300. The van der Waals surface area contributed by atoms with E-state index in [0.29, 0.717) is 19.0 Å². The smallest absolute Gasteiger partial charge is 0.407 e. The molecule has 0 aromatic heterocycles. The van der Waals surface area contributed by atoms with Crippen molar-refractivity contribution in [3.63, 3.8) is 0 Å². The van der Waals surface area contributed by atoms with Crippen LogP contribution in [0.5, 0.6) is 0 Å². The summed E-state index contributed by atoms with van der Waals surface area (Å²) < 4.78 is 1.05. The van der Waals surface area contributed by atoms with Crippen molar-refractivity contribution >= 4 is 22.0 Å². The summed E-state index contributed by atoms with van der Waals surface area (Å²) in [7, 11) is 0. The molecule has 1 aliphatic rings. The van der Waals surface area contributed by atoms with Crippen molar-refractivity contribution in [2.45, 2.75) is 5.92 Å². The maximum atomic E-state index is 10.5. The van der Waals surface area contributed by atoms with Crippen LogP contribution >= 0.6 is 15.9 Å². The Labute approximate surface area is 90.5 Å². The van der Waals surface area contributed by atoms with Crippen LogP contribution in [0.4, 0.5) is 4.79 Å². The van der Waals surface area contributed by atoms with Gasteiger partial charge in [-0.1, -0.05) is 28.1 Å². The van der Waals surface area contributed by atoms with E-state index in [-0.39, 0.29) is 0 Å². The molecule has 3 nitrogen and oxygen atoms in total. The first-order valence-corrected chi connectivity index (χ1v) is 5.19. The third kappa shape index (κ3) is 1.75. The van der Waals surface area contributed by atoms with E-state index in [1.165, 1.54) is 10.5 Å². The number of rotatable bonds is 1. The normalized spacial score (nSPS) is 16.5. The van der Waals surface area contributed by atoms with E-state index in [0.717, 1.165) is 4.47 Å². The molecule has 1 aliphatic heterocycles. The molecule has 0 bridgehead atoms. The van der Waals surface area contributed by atoms with Gasteiger partial charge in [0.15, 0.2) is 0 Å². The molecule has 0 unspecified atom stereocenters. The predicted molar refractivity (Wildman–Crippen MR) is 56.5 cm³/mol. The molecule has 0 aliphatic carbocycles. The molecule has 1 heterocycles. The van der Waals surface area contributed by atoms with Crippen LogP contribution in [0.25, 0.3) is 0 Å². The lowest BCUT2D eigenvalue weighted by Crippen LogP contribution is -2.47. The maximum Gasteiger partial charge on any atom is 0.407 e. The Kier molecular flexibility index (Phi) is 2.46. The highest BCUT2D eigenvalue weighted by molar-refractivity contribution is 9.10. The summed E-state index contributed by atoms with van der Waals surface area (Å²) in [5, 5.41) is 8.66. The molecule has 2 rings (SSSR count). The Hall–Kier alpha value is -1.03. The maximum absolute atomic E-state index is 10.5. The first-order valence-electron chi connectivity index (χ1n) is 4.40. The topological polar surface area (TPSA) is 40.5 Å². The monoisotopic (exact) mass is 255 g/mol. The lowest BCUT2D eigenvalue weighted by atomic mass is 9.92. The zero-order valence-electron chi connectivity index (χ0n) is 7.48. The van der Waals surface area contributed by atoms with E-state index in [1.807, 2.05) is 24.3 Å². The van der Waals surface area contributed by atoms with Crippen molar-refractivity contribution in [1.29, 1.82) is 0 Å². The highest BCUT2D eigenvalue weighted by Gasteiger charge is 2.31. The van der Waals surface area contributed by atoms with E-state index in [2.05, 4.69) is 15.9 Å². The molecule has 1 amide bonds. The fourth-order valence-corrected chi connectivity index (χ4v) is 1.84. The van der Waals surface area contributed by atoms with E-state index in [9.17, 15) is 4.79 Å². The van der Waals surface area contributed by atoms with E-state index >= 15 is 0 Å². The minimum atomic E-state index is -0.821. The molecule has 0 saturated carbocycles. The largest absolute Gasteiger partial charge is 0.465 e. The SMILES string of the molecule is O=C(O)N1CC(c2ccc(Br)cc2)C1. The van der Waals surface area contributed by atoms with Crippen molar-refractivity contribution in [2.75, 3.05) is 13.1 Å². The van der Waals surface area contributed by atoms with E-state index < -0.39 is 6.09 Å². The highest BCUT2D eigenvalue weighted by atomic mass is 79.9. The van der Waals surface area contributed by atoms with Crippen molar-refractivity contribution in [3.05, 3.63) is 34.3 Å². The molecular formula is C10H10BrNO2. The lowest BCUT2D eigenvalue weighted by Gasteiger charge is -2.37. The lowest BCUT2D eigenvalue weighted by molar-refractivity contribution is 0.105. The van der Waals surface area contributed by atoms with Crippen molar-refractivity contribution in [3.8, 4) is 0 Å². The van der Waals surface area contributed by atoms with Gasteiger partial charge < -0.3 is 10.0 Å². The molecule has 1 fully saturated rings. The Morgan fingerprint density at radius 2 is 1.93 bits per heavy atom. The van der Waals surface area contributed by atoms with Gasteiger partial charge in [-0.25, -0.2) is 4.79 Å². The molecule has 1 N–H and O–H groups in total. The molecule has 0 spiro atoms. The third-order valence-corrected chi connectivity index (χ3v) is 3.02. The third-order valence-electron chi connectivity index (χ3n) is 2.49. The van der Waals surface area contributed by atoms with Gasteiger partial charge in [0.2, 0.25) is 0 Å². The van der Waals surface area contributed by atoms with Crippen molar-refractivity contribution < 1.29 is 9.90 Å². The quantitative estimate of drug-likeness (QED) is 0.838. The summed E-state index contributed by atoms with van der Waals surface area (Å²) in [4.78, 5) is 12.0. The summed E-state index contributed by atoms with van der Waals surface area (Å²) in [6.07, 6.45) is -0.821. The van der Waals surface area contributed by atoms with Crippen LogP contribution in [0.1, 0.15) is 11.5 Å². The second-order valence-electron chi connectivity index (χ2n) is 3.44. The number of nitrogens with zero attached hydrogens (tertiary/aromatic N) is 1. The van der Waals surface area contributed by atoms with Crippen LogP contribution in [0.3, 0.4) is 0 Å². The molecule has 1 aromatic carbocycles. The molecule has 14 heavy (non-hydrogen) atoms. The van der Waals surface area contributed by atoms with Gasteiger partial charge in [0.05, 0.1) is 0 Å². The molecular weight excluding hydrogens is 246 g/mol. The second-order valence-corrected chi connectivity index (χ2v) is 4.35. The standard InChI is InChI=1S/C10H10BrNO2/c11-9-3-1-7(2-4-9)8-5-12(6-8)10(13)14/h1-4,8H,5-6H2,(H,13,14). The number of halogens is 1. The van der Waals surface area contributed by atoms with E-state index in [1.54, 1.807) is 0 Å². The van der Waals surface area contributed by atoms with Gasteiger partial charge in [-0.05, 0) is 17.7 Å². The van der Waals surface area contributed by atoms with Gasteiger partial charge in [-0.3, -0.25) is 0 Å². The Morgan fingerprint density at radius 1 is 1.36 bits per heavy atom. The molecule has 74 valence electrons. The zero-order valence-corrected chi connectivity index (χ0v) is 9.07. The fourth-order valence-electron chi connectivity index (χ4n) is 1.58. The van der Waals surface area contributed by atoms with Crippen LogP contribution in [-0.4, -0.2) is 29.2 Å². The molecule has 0 atom stereocenters. The first kappa shape index (κ1) is 9.52.